The summed E-state index contributed by atoms with van der Waals surface area (Å²) in [6.45, 7) is 0.462. The number of benzene rings is 2. The molecule has 0 bridgehead atoms. The lowest BCUT2D eigenvalue weighted by molar-refractivity contribution is -0.603. The average Bonchev–Trinajstić information content (AvgIpc) is 2.61. The van der Waals surface area contributed by atoms with Gasteiger partial charge in [0.05, 0.1) is 12.5 Å². The summed E-state index contributed by atoms with van der Waals surface area (Å²) in [6, 6.07) is 12.7. The lowest BCUT2D eigenvalue weighted by Gasteiger charge is -2.25. The van der Waals surface area contributed by atoms with Crippen LogP contribution < -0.4 is 14.8 Å². The number of carbonyl (C=O) groups excluding carboxylic acids is 1. The van der Waals surface area contributed by atoms with Gasteiger partial charge in [-0.1, -0.05) is 29.8 Å². The van der Waals surface area contributed by atoms with E-state index in [1.54, 1.807) is 18.2 Å². The van der Waals surface area contributed by atoms with E-state index in [4.69, 9.17) is 16.3 Å². The topological polar surface area (TPSA) is 65.3 Å². The van der Waals surface area contributed by atoms with Crippen molar-refractivity contribution >= 4 is 34.0 Å². The van der Waals surface area contributed by atoms with Gasteiger partial charge in [-0.15, -0.1) is 0 Å². The molecule has 1 aliphatic heterocycles. The molecule has 1 amide bonds. The summed E-state index contributed by atoms with van der Waals surface area (Å²) in [7, 11) is 0. The lowest BCUT2D eigenvalue weighted by atomic mass is 9.92. The van der Waals surface area contributed by atoms with Crippen molar-refractivity contribution in [1.82, 2.24) is 0 Å². The Labute approximate surface area is 149 Å². The molecule has 0 spiro atoms. The number of hydrogen-bond donors (Lipinski definition) is 1. The number of nitrogens with one attached hydrogen (secondary N) is 1. The molecule has 126 valence electrons. The lowest BCUT2D eigenvalue weighted by Crippen LogP contribution is -2.29. The average molecular weight is 355 g/mol. The van der Waals surface area contributed by atoms with Crippen molar-refractivity contribution in [2.24, 2.45) is 0 Å². The van der Waals surface area contributed by atoms with Gasteiger partial charge in [0.1, 0.15) is 11.4 Å². The van der Waals surface area contributed by atoms with Crippen molar-refractivity contribution in [3.63, 3.8) is 0 Å². The maximum absolute atomic E-state index is 12.9. The van der Waals surface area contributed by atoms with Crippen molar-refractivity contribution in [3.05, 3.63) is 70.7 Å². The van der Waals surface area contributed by atoms with Gasteiger partial charge >= 0.3 is 0 Å². The molecule has 0 fully saturated rings. The molecule has 0 aliphatic carbocycles. The van der Waals surface area contributed by atoms with Crippen molar-refractivity contribution in [3.8, 4) is 5.75 Å². The molecule has 25 heavy (non-hydrogen) atoms. The number of aromatic nitrogens is 1. The monoisotopic (exact) mass is 354 g/mol. The van der Waals surface area contributed by atoms with Crippen LogP contribution in [0.15, 0.2) is 54.9 Å². The molecule has 6 heteroatoms. The van der Waals surface area contributed by atoms with Gasteiger partial charge in [0.25, 0.3) is 0 Å². The normalized spacial score (nSPS) is 16.1. The van der Waals surface area contributed by atoms with Gasteiger partial charge in [-0.25, -0.2) is 0 Å². The fourth-order valence-corrected chi connectivity index (χ4v) is 3.36. The summed E-state index contributed by atoms with van der Waals surface area (Å²) >= 11 is 6.07. The minimum atomic E-state index is -0.374. The van der Waals surface area contributed by atoms with E-state index in [9.17, 15) is 10.0 Å². The van der Waals surface area contributed by atoms with E-state index >= 15 is 0 Å². The second kappa shape index (κ2) is 6.26. The number of rotatable bonds is 2. The van der Waals surface area contributed by atoms with Crippen molar-refractivity contribution in [2.75, 3.05) is 11.9 Å². The second-order valence-corrected chi connectivity index (χ2v) is 6.42. The fourth-order valence-electron chi connectivity index (χ4n) is 3.18. The summed E-state index contributed by atoms with van der Waals surface area (Å²) in [5.74, 6) is 0.122. The Hall–Kier alpha value is -2.79. The molecular weight excluding hydrogens is 340 g/mol. The van der Waals surface area contributed by atoms with Gasteiger partial charge in [0, 0.05) is 21.4 Å². The highest BCUT2D eigenvalue weighted by Gasteiger charge is 2.28. The summed E-state index contributed by atoms with van der Waals surface area (Å²) < 4.78 is 6.31. The Balaban J connectivity index is 1.69. The van der Waals surface area contributed by atoms with E-state index in [1.165, 1.54) is 12.4 Å². The molecule has 0 radical (unpaired) electrons. The molecule has 1 aromatic heterocycles. The minimum absolute atomic E-state index is 0.178. The highest BCUT2D eigenvalue weighted by molar-refractivity contribution is 6.30. The van der Waals surface area contributed by atoms with Gasteiger partial charge in [-0.2, -0.15) is 4.73 Å². The highest BCUT2D eigenvalue weighted by atomic mass is 35.5. The number of fused-ring (bicyclic) bond motifs is 2. The first kappa shape index (κ1) is 15.7. The van der Waals surface area contributed by atoms with E-state index in [1.807, 2.05) is 24.3 Å². The van der Waals surface area contributed by atoms with Crippen LogP contribution in [0.4, 0.5) is 5.69 Å². The van der Waals surface area contributed by atoms with Crippen LogP contribution in [0.25, 0.3) is 10.8 Å². The number of nitrogens with zero attached hydrogens (tertiary/aromatic N) is 1. The largest absolute Gasteiger partial charge is 0.619 e. The van der Waals surface area contributed by atoms with Crippen LogP contribution >= 0.6 is 11.6 Å². The molecule has 2 heterocycles. The van der Waals surface area contributed by atoms with Gasteiger partial charge in [-0.3, -0.25) is 4.79 Å². The standard InChI is InChI=1S/C19H15ClN2O3/c20-13-5-6-18-16(9-13)15(7-8-25-18)19(23)21-17-11-22(24)10-12-3-1-2-4-14(12)17/h1-6,9-11,15H,7-8H2,(H,21,23)/t15-/m0/s1. The number of ether oxygens (including phenoxy) is 1. The Bertz CT molecular complexity index is 974. The molecule has 3 aromatic rings. The molecule has 0 saturated carbocycles. The molecular formula is C19H15ClN2O3. The number of carbonyl (C=O) groups is 1. The molecule has 1 aliphatic rings. The zero-order valence-corrected chi connectivity index (χ0v) is 14.0. The molecule has 5 nitrogen and oxygen atoms in total. The Morgan fingerprint density at radius 2 is 2.08 bits per heavy atom. The number of amides is 1. The van der Waals surface area contributed by atoms with Gasteiger partial charge in [0.2, 0.25) is 12.1 Å². The fraction of sp³-hybridized carbons (Fsp3) is 0.158. The van der Waals surface area contributed by atoms with Crippen LogP contribution in [-0.4, -0.2) is 12.5 Å². The molecule has 0 saturated heterocycles. The van der Waals surface area contributed by atoms with Crippen LogP contribution in [0.5, 0.6) is 5.75 Å². The van der Waals surface area contributed by atoms with Crippen LogP contribution in [0, 0.1) is 5.21 Å². The van der Waals surface area contributed by atoms with E-state index in [0.29, 0.717) is 34.2 Å². The molecule has 4 rings (SSSR count). The molecule has 1 atom stereocenters. The van der Waals surface area contributed by atoms with Gasteiger partial charge in [0.15, 0.2) is 6.20 Å². The maximum Gasteiger partial charge on any atom is 0.232 e. The maximum atomic E-state index is 12.9. The summed E-state index contributed by atoms with van der Waals surface area (Å²) in [5.41, 5.74) is 1.26. The Morgan fingerprint density at radius 3 is 2.96 bits per heavy atom. The van der Waals surface area contributed by atoms with Crippen LogP contribution in [0.2, 0.25) is 5.02 Å². The van der Waals surface area contributed by atoms with E-state index in [0.717, 1.165) is 16.3 Å². The smallest absolute Gasteiger partial charge is 0.232 e. The van der Waals surface area contributed by atoms with Crippen LogP contribution in [-0.2, 0) is 4.79 Å². The first-order chi connectivity index (χ1) is 12.1. The predicted octanol–water partition coefficient (Wildman–Crippen LogP) is 3.63. The first-order valence-electron chi connectivity index (χ1n) is 7.96. The third kappa shape index (κ3) is 2.98. The van der Waals surface area contributed by atoms with E-state index in [2.05, 4.69) is 5.32 Å². The van der Waals surface area contributed by atoms with Crippen molar-refractivity contribution < 1.29 is 14.3 Å². The second-order valence-electron chi connectivity index (χ2n) is 5.98. The minimum Gasteiger partial charge on any atom is -0.619 e. The Morgan fingerprint density at radius 1 is 1.24 bits per heavy atom. The number of pyridine rings is 1. The van der Waals surface area contributed by atoms with Crippen molar-refractivity contribution in [1.29, 1.82) is 0 Å². The third-order valence-electron chi connectivity index (χ3n) is 4.36. The zero-order chi connectivity index (χ0) is 17.4. The molecule has 2 aromatic carbocycles. The van der Waals surface area contributed by atoms with Gasteiger partial charge < -0.3 is 15.3 Å². The quantitative estimate of drug-likeness (QED) is 0.564. The van der Waals surface area contributed by atoms with Crippen LogP contribution in [0.3, 0.4) is 0 Å². The summed E-state index contributed by atoms with van der Waals surface area (Å²) in [5, 5.41) is 16.9. The number of halogens is 1. The predicted molar refractivity (Wildman–Crippen MR) is 95.8 cm³/mol. The van der Waals surface area contributed by atoms with Gasteiger partial charge in [-0.05, 0) is 30.7 Å². The SMILES string of the molecule is O=C(Nc1c[n+]([O-])cc2ccccc12)[C@H]1CCOc2ccc(Cl)cc21. The molecule has 0 unspecified atom stereocenters. The first-order valence-corrected chi connectivity index (χ1v) is 8.34. The summed E-state index contributed by atoms with van der Waals surface area (Å²) in [6.07, 6.45) is 3.41. The number of anilines is 1. The third-order valence-corrected chi connectivity index (χ3v) is 4.59. The zero-order valence-electron chi connectivity index (χ0n) is 13.2. The highest BCUT2D eigenvalue weighted by Crippen LogP contribution is 2.36. The Kier molecular flexibility index (Phi) is 3.93. The van der Waals surface area contributed by atoms with E-state index in [-0.39, 0.29) is 11.8 Å². The molecule has 1 N–H and O–H groups in total. The van der Waals surface area contributed by atoms with Crippen molar-refractivity contribution in [2.45, 2.75) is 12.3 Å². The number of hydrogen-bond acceptors (Lipinski definition) is 3. The summed E-state index contributed by atoms with van der Waals surface area (Å²) in [4.78, 5) is 12.9. The van der Waals surface area contributed by atoms with Crippen LogP contribution in [0.1, 0.15) is 17.9 Å². The van der Waals surface area contributed by atoms with E-state index < -0.39 is 0 Å².